The average molecular weight is 317 g/mol. The maximum atomic E-state index is 12.0. The highest BCUT2D eigenvalue weighted by Gasteiger charge is 2.69. The third-order valence-electron chi connectivity index (χ3n) is 5.88. The van der Waals surface area contributed by atoms with Crippen molar-refractivity contribution in [2.24, 2.45) is 0 Å². The summed E-state index contributed by atoms with van der Waals surface area (Å²) in [6, 6.07) is 8.65. The Morgan fingerprint density at radius 2 is 2.12 bits per heavy atom. The summed E-state index contributed by atoms with van der Waals surface area (Å²) >= 11 is 0. The molecule has 0 amide bonds. The van der Waals surface area contributed by atoms with Gasteiger partial charge in [-0.3, -0.25) is 4.90 Å². The molecule has 2 saturated heterocycles. The van der Waals surface area contributed by atoms with Crippen LogP contribution in [0, 0.1) is 18.8 Å². The van der Waals surface area contributed by atoms with E-state index in [2.05, 4.69) is 35.8 Å². The Morgan fingerprint density at radius 1 is 1.25 bits per heavy atom. The molecule has 0 bridgehead atoms. The van der Waals surface area contributed by atoms with Gasteiger partial charge in [0, 0.05) is 22.8 Å². The lowest BCUT2D eigenvalue weighted by atomic mass is 9.70. The number of fused-ring (bicyclic) bond motifs is 2. The van der Waals surface area contributed by atoms with Crippen LogP contribution in [-0.4, -0.2) is 35.1 Å². The Morgan fingerprint density at radius 3 is 3.00 bits per heavy atom. The van der Waals surface area contributed by atoms with Crippen molar-refractivity contribution in [1.29, 1.82) is 0 Å². The van der Waals surface area contributed by atoms with Gasteiger partial charge in [0.2, 0.25) is 0 Å². The number of carbonyl (C=O) groups excluding carboxylic acids is 1. The van der Waals surface area contributed by atoms with Gasteiger partial charge in [-0.15, -0.1) is 0 Å². The summed E-state index contributed by atoms with van der Waals surface area (Å²) in [5.74, 6) is 6.40. The summed E-state index contributed by atoms with van der Waals surface area (Å²) in [7, 11) is 0. The predicted molar refractivity (Wildman–Crippen MR) is 91.2 cm³/mol. The molecule has 0 N–H and O–H groups in total. The number of hydrogen-bond acceptors (Lipinski definition) is 3. The number of benzene rings is 1. The normalized spacial score (nSPS) is 33.1. The van der Waals surface area contributed by atoms with E-state index in [0.29, 0.717) is 6.04 Å². The van der Waals surface area contributed by atoms with Crippen LogP contribution < -0.4 is 0 Å². The molecule has 4 aliphatic rings. The molecule has 3 nitrogen and oxygen atoms in total. The lowest BCUT2D eigenvalue weighted by Crippen LogP contribution is -2.76. The Bertz CT molecular complexity index is 869. The van der Waals surface area contributed by atoms with Crippen LogP contribution in [-0.2, 0) is 9.53 Å². The van der Waals surface area contributed by atoms with Gasteiger partial charge >= 0.3 is 5.97 Å². The second-order valence-electron chi connectivity index (χ2n) is 7.11. The molecular weight excluding hydrogens is 298 g/mol. The van der Waals surface area contributed by atoms with Crippen LogP contribution in [0.1, 0.15) is 30.4 Å². The van der Waals surface area contributed by atoms with Crippen LogP contribution >= 0.6 is 0 Å². The molecule has 24 heavy (non-hydrogen) atoms. The second-order valence-corrected chi connectivity index (χ2v) is 7.11. The van der Waals surface area contributed by atoms with Gasteiger partial charge < -0.3 is 4.74 Å². The number of carbonyl (C=O) groups is 1. The van der Waals surface area contributed by atoms with Gasteiger partial charge in [-0.1, -0.05) is 36.5 Å². The van der Waals surface area contributed by atoms with Crippen molar-refractivity contribution in [2.75, 3.05) is 6.54 Å². The standard InChI is InChI=1S/C21H19NO2/c1-14-6-2-3-7-15(14)9-10-16-12-19-21(17(16)13-20(23)24-21)18-8-4-5-11-22(18)19/h2-3,6-7,12-13,18-19H,4-5,8,11H2,1H3/t18-,19-,21?/m1/s1. The minimum absolute atomic E-state index is 0.182. The monoisotopic (exact) mass is 317 g/mol. The zero-order valence-electron chi connectivity index (χ0n) is 13.7. The summed E-state index contributed by atoms with van der Waals surface area (Å²) in [6.45, 7) is 3.16. The average Bonchev–Trinajstić information content (AvgIpc) is 3.06. The summed E-state index contributed by atoms with van der Waals surface area (Å²) in [6.07, 6.45) is 7.43. The third-order valence-corrected chi connectivity index (χ3v) is 5.88. The third kappa shape index (κ3) is 1.70. The van der Waals surface area contributed by atoms with E-state index in [-0.39, 0.29) is 12.0 Å². The molecular formula is C21H19NO2. The van der Waals surface area contributed by atoms with Crippen molar-refractivity contribution in [3.63, 3.8) is 0 Å². The highest BCUT2D eigenvalue weighted by molar-refractivity contribution is 5.91. The fourth-order valence-corrected chi connectivity index (χ4v) is 4.77. The SMILES string of the molecule is Cc1ccccc1C#CC1=C[C@H]2N3CCCC[C@@H]3C23OC(=O)C=C13. The molecule has 3 atom stereocenters. The van der Waals surface area contributed by atoms with E-state index in [1.807, 2.05) is 18.2 Å². The highest BCUT2D eigenvalue weighted by atomic mass is 16.6. The molecule has 3 heteroatoms. The van der Waals surface area contributed by atoms with E-state index < -0.39 is 5.60 Å². The van der Waals surface area contributed by atoms with Crippen molar-refractivity contribution in [3.8, 4) is 11.8 Å². The lowest BCUT2D eigenvalue weighted by Gasteiger charge is -2.60. The Kier molecular flexibility index (Phi) is 2.84. The van der Waals surface area contributed by atoms with E-state index >= 15 is 0 Å². The zero-order chi connectivity index (χ0) is 16.3. The largest absolute Gasteiger partial charge is 0.447 e. The molecule has 120 valence electrons. The van der Waals surface area contributed by atoms with Crippen LogP contribution in [0.2, 0.25) is 0 Å². The minimum atomic E-state index is -0.437. The van der Waals surface area contributed by atoms with Crippen molar-refractivity contribution in [1.82, 2.24) is 4.90 Å². The topological polar surface area (TPSA) is 29.5 Å². The maximum Gasteiger partial charge on any atom is 0.332 e. The van der Waals surface area contributed by atoms with Gasteiger partial charge in [0.25, 0.3) is 0 Å². The number of esters is 1. The molecule has 0 aromatic heterocycles. The van der Waals surface area contributed by atoms with Gasteiger partial charge in [-0.2, -0.15) is 0 Å². The number of piperidine rings is 1. The second kappa shape index (κ2) is 4.84. The summed E-state index contributed by atoms with van der Waals surface area (Å²) in [4.78, 5) is 14.5. The van der Waals surface area contributed by atoms with Gasteiger partial charge in [0.05, 0.1) is 12.1 Å². The first-order chi connectivity index (χ1) is 11.7. The van der Waals surface area contributed by atoms with E-state index in [1.165, 1.54) is 18.4 Å². The highest BCUT2D eigenvalue weighted by Crippen LogP contribution is 2.57. The molecule has 5 rings (SSSR count). The lowest BCUT2D eigenvalue weighted by molar-refractivity contribution is -0.194. The molecule has 0 saturated carbocycles. The van der Waals surface area contributed by atoms with Crippen molar-refractivity contribution >= 4 is 5.97 Å². The van der Waals surface area contributed by atoms with Gasteiger partial charge in [0.1, 0.15) is 0 Å². The van der Waals surface area contributed by atoms with Crippen LogP contribution in [0.15, 0.2) is 47.6 Å². The van der Waals surface area contributed by atoms with E-state index in [1.54, 1.807) is 6.08 Å². The molecule has 1 unspecified atom stereocenters. The first kappa shape index (κ1) is 14.1. The number of rotatable bonds is 0. The Balaban J connectivity index is 1.54. The fourth-order valence-electron chi connectivity index (χ4n) is 4.77. The van der Waals surface area contributed by atoms with Gasteiger partial charge in [0.15, 0.2) is 5.60 Å². The molecule has 1 aliphatic carbocycles. The van der Waals surface area contributed by atoms with E-state index in [4.69, 9.17) is 4.74 Å². The number of ether oxygens (including phenoxy) is 1. The number of hydrogen-bond donors (Lipinski definition) is 0. The van der Waals surface area contributed by atoms with Crippen molar-refractivity contribution < 1.29 is 9.53 Å². The first-order valence-electron chi connectivity index (χ1n) is 8.71. The molecule has 1 aromatic rings. The van der Waals surface area contributed by atoms with Gasteiger partial charge in [-0.05, 0) is 44.0 Å². The van der Waals surface area contributed by atoms with Crippen LogP contribution in [0.5, 0.6) is 0 Å². The van der Waals surface area contributed by atoms with Crippen molar-refractivity contribution in [3.05, 3.63) is 58.7 Å². The quantitative estimate of drug-likeness (QED) is 0.544. The zero-order valence-corrected chi connectivity index (χ0v) is 13.7. The molecule has 1 aromatic carbocycles. The Labute approximate surface area is 142 Å². The minimum Gasteiger partial charge on any atom is -0.447 e. The van der Waals surface area contributed by atoms with Crippen molar-refractivity contribution in [2.45, 2.75) is 43.9 Å². The molecule has 1 spiro atoms. The summed E-state index contributed by atoms with van der Waals surface area (Å²) in [5, 5.41) is 0. The fraction of sp³-hybridized carbons (Fsp3) is 0.381. The molecule has 2 fully saturated rings. The summed E-state index contributed by atoms with van der Waals surface area (Å²) in [5.41, 5.74) is 3.76. The van der Waals surface area contributed by atoms with E-state index in [0.717, 1.165) is 29.7 Å². The maximum absolute atomic E-state index is 12.0. The number of aryl methyl sites for hydroxylation is 1. The first-order valence-corrected chi connectivity index (χ1v) is 8.71. The van der Waals surface area contributed by atoms with Crippen LogP contribution in [0.4, 0.5) is 0 Å². The van der Waals surface area contributed by atoms with Crippen LogP contribution in [0.3, 0.4) is 0 Å². The molecule has 3 aliphatic heterocycles. The molecule has 3 heterocycles. The number of nitrogens with zero attached hydrogens (tertiary/aromatic N) is 1. The molecule has 0 radical (unpaired) electrons. The van der Waals surface area contributed by atoms with Gasteiger partial charge in [-0.25, -0.2) is 4.79 Å². The summed E-state index contributed by atoms with van der Waals surface area (Å²) < 4.78 is 5.85. The van der Waals surface area contributed by atoms with E-state index in [9.17, 15) is 4.79 Å². The predicted octanol–water partition coefficient (Wildman–Crippen LogP) is 2.75. The Hall–Kier alpha value is -2.31. The van der Waals surface area contributed by atoms with Crippen LogP contribution in [0.25, 0.3) is 0 Å². The smallest absolute Gasteiger partial charge is 0.332 e.